The summed E-state index contributed by atoms with van der Waals surface area (Å²) in [5, 5.41) is 24.1. The van der Waals surface area contributed by atoms with Gasteiger partial charge in [0.15, 0.2) is 11.5 Å². The molecular weight excluding hydrogens is 669 g/mol. The number of benzene rings is 4. The van der Waals surface area contributed by atoms with Gasteiger partial charge in [0.2, 0.25) is 0 Å². The van der Waals surface area contributed by atoms with E-state index in [1.807, 2.05) is 123 Å². The molecule has 2 N–H and O–H groups in total. The average Bonchev–Trinajstić information content (AvgIpc) is 4.03. The highest BCUT2D eigenvalue weighted by atomic mass is 16.5. The number of allylic oxidation sites excluding steroid dienone is 13. The van der Waals surface area contributed by atoms with E-state index >= 15 is 0 Å². The lowest BCUT2D eigenvalue weighted by atomic mass is 9.99. The molecule has 7 nitrogen and oxygen atoms in total. The van der Waals surface area contributed by atoms with Crippen molar-refractivity contribution < 1.29 is 14.9 Å². The standard InChI is InChI=1S/C47H34N4O3/c1-28(2)54-47-36(45(52)33-15-9-10-16-34(33)46(47)53)20-19-35-37-23-25-41(50-37)43(29-11-5-3-6-12-29)39-21-17-31(48-39)27-32-18-22-40(49-32)44(30-13-7-4-8-14-30)42-26-24-38(35)51-42/h3-28,52-53H,1-2H3/b20-19+,31-27?,32-27?,37-35?,38-35?,43-39?,43-41?,44-40?,44-42?. The molecule has 7 heteroatoms. The van der Waals surface area contributed by atoms with Crippen molar-refractivity contribution in [2.45, 2.75) is 20.0 Å². The van der Waals surface area contributed by atoms with Crippen molar-refractivity contribution in [2.75, 3.05) is 0 Å². The Morgan fingerprint density at radius 1 is 0.537 bits per heavy atom. The van der Waals surface area contributed by atoms with Crippen LogP contribution in [0.5, 0.6) is 17.2 Å². The topological polar surface area (TPSA) is 99.1 Å². The van der Waals surface area contributed by atoms with Gasteiger partial charge < -0.3 is 14.9 Å². The van der Waals surface area contributed by atoms with Crippen LogP contribution in [0, 0.1) is 0 Å². The molecule has 0 spiro atoms. The van der Waals surface area contributed by atoms with Crippen molar-refractivity contribution in [3.63, 3.8) is 0 Å². The van der Waals surface area contributed by atoms with Crippen LogP contribution in [-0.2, 0) is 0 Å². The van der Waals surface area contributed by atoms with Crippen LogP contribution in [0.4, 0.5) is 0 Å². The molecule has 5 aliphatic rings. The molecule has 4 aromatic carbocycles. The predicted molar refractivity (Wildman–Crippen MR) is 220 cm³/mol. The van der Waals surface area contributed by atoms with Crippen molar-refractivity contribution in [3.05, 3.63) is 191 Å². The SMILES string of the molecule is CC(C)Oc1c(/C=C/C2=C3C=CC(=N3)C(c3ccccc3)=C3C=CC(=N3)C=C3C=CC(=N3)C(c3ccccc3)=C3C=CC2=N3)c(O)c2ccccc2c1O. The lowest BCUT2D eigenvalue weighted by Crippen LogP contribution is -2.07. The summed E-state index contributed by atoms with van der Waals surface area (Å²) in [6.45, 7) is 3.77. The molecule has 0 saturated heterocycles. The molecule has 0 aromatic heterocycles. The van der Waals surface area contributed by atoms with Crippen LogP contribution in [0.3, 0.4) is 0 Å². The van der Waals surface area contributed by atoms with Crippen LogP contribution in [0.25, 0.3) is 28.0 Å². The molecule has 0 aliphatic carbocycles. The van der Waals surface area contributed by atoms with Crippen molar-refractivity contribution in [1.29, 1.82) is 0 Å². The summed E-state index contributed by atoms with van der Waals surface area (Å²) < 4.78 is 6.15. The summed E-state index contributed by atoms with van der Waals surface area (Å²) in [7, 11) is 0. The Labute approximate surface area is 312 Å². The van der Waals surface area contributed by atoms with E-state index in [9.17, 15) is 10.2 Å². The monoisotopic (exact) mass is 702 g/mol. The van der Waals surface area contributed by atoms with Crippen LogP contribution in [0.1, 0.15) is 30.5 Å². The van der Waals surface area contributed by atoms with Gasteiger partial charge in [0.05, 0.1) is 57.3 Å². The maximum atomic E-state index is 11.7. The second-order valence-corrected chi connectivity index (χ2v) is 13.5. The molecule has 9 rings (SSSR count). The number of ether oxygens (including phenoxy) is 1. The fourth-order valence-corrected chi connectivity index (χ4v) is 7.09. The fraction of sp³-hybridized carbons (Fsp3) is 0.0638. The lowest BCUT2D eigenvalue weighted by molar-refractivity contribution is 0.231. The van der Waals surface area contributed by atoms with Gasteiger partial charge in [-0.3, -0.25) is 0 Å². The zero-order valence-electron chi connectivity index (χ0n) is 29.6. The summed E-state index contributed by atoms with van der Waals surface area (Å²) >= 11 is 0. The van der Waals surface area contributed by atoms with Gasteiger partial charge in [-0.1, -0.05) is 84.9 Å². The second-order valence-electron chi connectivity index (χ2n) is 13.5. The number of aliphatic imine (C=N–C) groups is 4. The minimum Gasteiger partial charge on any atom is -0.507 e. The Balaban J connectivity index is 1.30. The van der Waals surface area contributed by atoms with Crippen LogP contribution in [0.2, 0.25) is 0 Å². The molecule has 260 valence electrons. The Morgan fingerprint density at radius 3 is 1.80 bits per heavy atom. The fourth-order valence-electron chi connectivity index (χ4n) is 7.09. The van der Waals surface area contributed by atoms with Crippen LogP contribution in [0.15, 0.2) is 194 Å². The molecule has 0 unspecified atom stereocenters. The molecule has 5 aliphatic heterocycles. The number of nitrogens with zero attached hydrogens (tertiary/aromatic N) is 4. The van der Waals surface area contributed by atoms with E-state index in [4.69, 9.17) is 24.7 Å². The quantitative estimate of drug-likeness (QED) is 0.196. The molecule has 0 fully saturated rings. The van der Waals surface area contributed by atoms with Crippen molar-refractivity contribution >= 4 is 50.8 Å². The minimum atomic E-state index is -0.260. The third kappa shape index (κ3) is 5.91. The Bertz CT molecular complexity index is 2650. The smallest absolute Gasteiger partial charge is 0.172 e. The molecular formula is C47H34N4O3. The van der Waals surface area contributed by atoms with Crippen molar-refractivity contribution in [3.8, 4) is 17.2 Å². The van der Waals surface area contributed by atoms with E-state index in [0.29, 0.717) is 33.3 Å². The lowest BCUT2D eigenvalue weighted by Gasteiger charge is -2.18. The van der Waals surface area contributed by atoms with E-state index in [-0.39, 0.29) is 23.4 Å². The summed E-state index contributed by atoms with van der Waals surface area (Å²) in [5.74, 6) is 0.168. The molecule has 4 aromatic rings. The Morgan fingerprint density at radius 2 is 1.09 bits per heavy atom. The van der Waals surface area contributed by atoms with Gasteiger partial charge >= 0.3 is 0 Å². The average molecular weight is 703 g/mol. The van der Waals surface area contributed by atoms with Gasteiger partial charge in [-0.2, -0.15) is 0 Å². The van der Waals surface area contributed by atoms with Crippen LogP contribution in [-0.4, -0.2) is 39.2 Å². The number of phenols is 2. The zero-order valence-corrected chi connectivity index (χ0v) is 29.6. The molecule has 5 heterocycles. The van der Waals surface area contributed by atoms with Gasteiger partial charge in [-0.05, 0) is 91.8 Å². The number of hydrogen-bond donors (Lipinski definition) is 2. The highest BCUT2D eigenvalue weighted by molar-refractivity contribution is 6.34. The van der Waals surface area contributed by atoms with Crippen molar-refractivity contribution in [1.82, 2.24) is 0 Å². The number of hydrogen-bond acceptors (Lipinski definition) is 7. The highest BCUT2D eigenvalue weighted by Gasteiger charge is 2.25. The van der Waals surface area contributed by atoms with E-state index in [1.165, 1.54) is 0 Å². The van der Waals surface area contributed by atoms with Gasteiger partial charge in [0.1, 0.15) is 5.75 Å². The van der Waals surface area contributed by atoms with E-state index in [2.05, 4.69) is 24.3 Å². The molecule has 0 atom stereocenters. The Hall–Kier alpha value is -7.12. The Kier molecular flexibility index (Phi) is 8.16. The largest absolute Gasteiger partial charge is 0.507 e. The minimum absolute atomic E-state index is 0.00351. The predicted octanol–water partition coefficient (Wildman–Crippen LogP) is 10.1. The van der Waals surface area contributed by atoms with Crippen LogP contribution >= 0.6 is 0 Å². The summed E-state index contributed by atoms with van der Waals surface area (Å²) in [6.07, 6.45) is 21.4. The summed E-state index contributed by atoms with van der Waals surface area (Å²) in [4.78, 5) is 20.6. The van der Waals surface area contributed by atoms with Crippen LogP contribution < -0.4 is 4.74 Å². The first-order valence-corrected chi connectivity index (χ1v) is 17.9. The summed E-state index contributed by atoms with van der Waals surface area (Å²) in [6, 6.07) is 27.5. The van der Waals surface area contributed by atoms with E-state index < -0.39 is 0 Å². The maximum Gasteiger partial charge on any atom is 0.172 e. The first-order chi connectivity index (χ1) is 26.4. The highest BCUT2D eigenvalue weighted by Crippen LogP contribution is 2.46. The van der Waals surface area contributed by atoms with Gasteiger partial charge in [0.25, 0.3) is 0 Å². The zero-order chi connectivity index (χ0) is 36.8. The van der Waals surface area contributed by atoms with Gasteiger partial charge in [-0.25, -0.2) is 20.0 Å². The summed E-state index contributed by atoms with van der Waals surface area (Å²) in [5.41, 5.74) is 10.9. The third-order valence-corrected chi connectivity index (χ3v) is 9.52. The normalized spacial score (nSPS) is 17.4. The number of phenolic OH excluding ortho intramolecular Hbond substituents is 2. The number of fused-ring (bicyclic) bond motifs is 5. The van der Waals surface area contributed by atoms with Gasteiger partial charge in [0, 0.05) is 27.5 Å². The second kappa shape index (κ2) is 13.5. The van der Waals surface area contributed by atoms with E-state index in [1.54, 1.807) is 18.2 Å². The molecule has 54 heavy (non-hydrogen) atoms. The van der Waals surface area contributed by atoms with Crippen molar-refractivity contribution in [2.24, 2.45) is 20.0 Å². The third-order valence-electron chi connectivity index (χ3n) is 9.52. The molecule has 8 bridgehead atoms. The maximum absolute atomic E-state index is 11.7. The first kappa shape index (κ1) is 32.8. The number of aromatic hydroxyl groups is 2. The van der Waals surface area contributed by atoms with E-state index in [0.717, 1.165) is 56.5 Å². The number of rotatable bonds is 6. The first-order valence-electron chi connectivity index (χ1n) is 17.9. The van der Waals surface area contributed by atoms with Gasteiger partial charge in [-0.15, -0.1) is 0 Å². The molecule has 0 radical (unpaired) electrons. The molecule has 0 amide bonds. The molecule has 0 saturated carbocycles.